The van der Waals surface area contributed by atoms with Crippen molar-refractivity contribution in [1.82, 2.24) is 9.13 Å². The molecule has 0 radical (unpaired) electrons. The predicted octanol–water partition coefficient (Wildman–Crippen LogP) is 3.15. The maximum atomic E-state index is 13.7. The van der Waals surface area contributed by atoms with Crippen LogP contribution in [0.25, 0.3) is 6.08 Å². The van der Waals surface area contributed by atoms with E-state index in [2.05, 4.69) is 15.6 Å². The average Bonchev–Trinajstić information content (AvgIpc) is 3.22. The van der Waals surface area contributed by atoms with Crippen molar-refractivity contribution in [2.24, 2.45) is 12.0 Å². The topological polar surface area (TPSA) is 74.8 Å². The van der Waals surface area contributed by atoms with Crippen LogP contribution < -0.4 is 19.6 Å². The largest absolute Gasteiger partial charge is 0.497 e. The van der Waals surface area contributed by atoms with E-state index in [0.717, 1.165) is 22.5 Å². The molecule has 4 rings (SSSR count). The lowest BCUT2D eigenvalue weighted by atomic mass is 9.96. The third kappa shape index (κ3) is 4.14. The standard InChI is InChI=1S/C26H29N3O4S/c1-14(2)33-25(31)22-16(4)27-26-29(23(22)18-8-10-20(32-7)11-9-18)24(30)21(34-26)13-19-12-15(3)28(6)17(19)5/h8-14,23H,1-7H3/b21-13+/t23-/m1/s1. The molecule has 0 bridgehead atoms. The average molecular weight is 480 g/mol. The van der Waals surface area contributed by atoms with Crippen molar-refractivity contribution in [2.75, 3.05) is 7.11 Å². The summed E-state index contributed by atoms with van der Waals surface area (Å²) in [5, 5.41) is 0. The second-order valence-electron chi connectivity index (χ2n) is 8.69. The molecule has 178 valence electrons. The number of methoxy groups -OCH3 is 1. The summed E-state index contributed by atoms with van der Waals surface area (Å²) in [6.45, 7) is 9.45. The van der Waals surface area contributed by atoms with E-state index >= 15 is 0 Å². The number of hydrogen-bond donors (Lipinski definition) is 0. The lowest BCUT2D eigenvalue weighted by Crippen LogP contribution is -2.40. The quantitative estimate of drug-likeness (QED) is 0.527. The van der Waals surface area contributed by atoms with Gasteiger partial charge >= 0.3 is 5.97 Å². The van der Waals surface area contributed by atoms with Crippen LogP contribution >= 0.6 is 11.3 Å². The summed E-state index contributed by atoms with van der Waals surface area (Å²) in [5.41, 5.74) is 4.68. The molecule has 7 nitrogen and oxygen atoms in total. The number of ether oxygens (including phenoxy) is 2. The van der Waals surface area contributed by atoms with Gasteiger partial charge in [-0.3, -0.25) is 9.36 Å². The first-order valence-corrected chi connectivity index (χ1v) is 11.9. The molecular formula is C26H29N3O4S. The second kappa shape index (κ2) is 9.10. The van der Waals surface area contributed by atoms with Crippen molar-refractivity contribution in [2.45, 2.75) is 46.8 Å². The molecule has 1 atom stereocenters. The number of benzene rings is 1. The lowest BCUT2D eigenvalue weighted by molar-refractivity contribution is -0.143. The first-order valence-electron chi connectivity index (χ1n) is 11.1. The molecule has 1 aromatic carbocycles. The van der Waals surface area contributed by atoms with E-state index in [1.807, 2.05) is 51.2 Å². The number of aromatic nitrogens is 2. The molecule has 0 amide bonds. The van der Waals surface area contributed by atoms with Crippen molar-refractivity contribution >= 4 is 23.4 Å². The van der Waals surface area contributed by atoms with E-state index in [1.165, 1.54) is 11.3 Å². The number of esters is 1. The first kappa shape index (κ1) is 23.8. The van der Waals surface area contributed by atoms with Crippen LogP contribution in [-0.2, 0) is 16.6 Å². The molecule has 3 heterocycles. The van der Waals surface area contributed by atoms with Crippen LogP contribution in [0.4, 0.5) is 0 Å². The minimum Gasteiger partial charge on any atom is -0.497 e. The number of carbonyl (C=O) groups excluding carboxylic acids is 1. The second-order valence-corrected chi connectivity index (χ2v) is 9.70. The molecule has 0 unspecified atom stereocenters. The van der Waals surface area contributed by atoms with Crippen LogP contribution in [-0.4, -0.2) is 28.3 Å². The Bertz CT molecular complexity index is 1470. The summed E-state index contributed by atoms with van der Waals surface area (Å²) in [7, 11) is 3.60. The summed E-state index contributed by atoms with van der Waals surface area (Å²) in [6, 6.07) is 8.79. The zero-order valence-corrected chi connectivity index (χ0v) is 21.3. The molecule has 0 N–H and O–H groups in total. The van der Waals surface area contributed by atoms with E-state index in [0.29, 0.717) is 26.4 Å². The highest BCUT2D eigenvalue weighted by Crippen LogP contribution is 2.31. The van der Waals surface area contributed by atoms with Gasteiger partial charge in [0.2, 0.25) is 0 Å². The van der Waals surface area contributed by atoms with Gasteiger partial charge in [0.15, 0.2) is 4.80 Å². The van der Waals surface area contributed by atoms with Gasteiger partial charge in [0.25, 0.3) is 5.56 Å². The number of aryl methyl sites for hydroxylation is 1. The molecule has 1 aliphatic rings. The Morgan fingerprint density at radius 3 is 2.41 bits per heavy atom. The van der Waals surface area contributed by atoms with Crippen LogP contribution in [0, 0.1) is 13.8 Å². The monoisotopic (exact) mass is 479 g/mol. The van der Waals surface area contributed by atoms with E-state index < -0.39 is 12.0 Å². The fraction of sp³-hybridized carbons (Fsp3) is 0.346. The van der Waals surface area contributed by atoms with Gasteiger partial charge in [-0.05, 0) is 70.0 Å². The zero-order chi connectivity index (χ0) is 24.7. The van der Waals surface area contributed by atoms with Crippen molar-refractivity contribution in [1.29, 1.82) is 0 Å². The Kier molecular flexibility index (Phi) is 6.36. The Morgan fingerprint density at radius 2 is 1.85 bits per heavy atom. The molecule has 34 heavy (non-hydrogen) atoms. The highest BCUT2D eigenvalue weighted by molar-refractivity contribution is 7.07. The number of hydrogen-bond acceptors (Lipinski definition) is 6. The Balaban J connectivity index is 1.95. The maximum Gasteiger partial charge on any atom is 0.338 e. The highest BCUT2D eigenvalue weighted by Gasteiger charge is 2.33. The molecule has 1 aliphatic heterocycles. The minimum absolute atomic E-state index is 0.187. The summed E-state index contributed by atoms with van der Waals surface area (Å²) in [4.78, 5) is 32.0. The van der Waals surface area contributed by atoms with Gasteiger partial charge in [-0.1, -0.05) is 23.5 Å². The van der Waals surface area contributed by atoms with Crippen LogP contribution in [0.5, 0.6) is 5.75 Å². The number of carbonyl (C=O) groups is 1. The maximum absolute atomic E-state index is 13.7. The zero-order valence-electron chi connectivity index (χ0n) is 20.5. The van der Waals surface area contributed by atoms with Gasteiger partial charge in [-0.2, -0.15) is 0 Å². The van der Waals surface area contributed by atoms with Gasteiger partial charge in [0, 0.05) is 18.4 Å². The molecule has 2 aromatic heterocycles. The van der Waals surface area contributed by atoms with E-state index in [4.69, 9.17) is 9.47 Å². The van der Waals surface area contributed by atoms with Crippen LogP contribution in [0.15, 0.2) is 51.4 Å². The lowest BCUT2D eigenvalue weighted by Gasteiger charge is -2.25. The summed E-state index contributed by atoms with van der Waals surface area (Å²) in [5.74, 6) is 0.221. The normalized spacial score (nSPS) is 16.0. The Labute approximate surface area is 202 Å². The number of fused-ring (bicyclic) bond motifs is 1. The van der Waals surface area contributed by atoms with Crippen molar-refractivity contribution in [3.8, 4) is 5.75 Å². The minimum atomic E-state index is -0.644. The van der Waals surface area contributed by atoms with E-state index in [9.17, 15) is 9.59 Å². The van der Waals surface area contributed by atoms with Gasteiger partial charge in [0.05, 0.1) is 35.1 Å². The Hall–Kier alpha value is -3.39. The number of allylic oxidation sites excluding steroid dienone is 1. The first-order chi connectivity index (χ1) is 16.1. The van der Waals surface area contributed by atoms with Crippen LogP contribution in [0.3, 0.4) is 0 Å². The van der Waals surface area contributed by atoms with E-state index in [1.54, 1.807) is 32.4 Å². The third-order valence-corrected chi connectivity index (χ3v) is 7.10. The molecule has 0 fully saturated rings. The summed E-state index contributed by atoms with van der Waals surface area (Å²) >= 11 is 1.33. The molecule has 0 saturated heterocycles. The summed E-state index contributed by atoms with van der Waals surface area (Å²) < 4.78 is 15.1. The van der Waals surface area contributed by atoms with Gasteiger partial charge in [0.1, 0.15) is 5.75 Å². The van der Waals surface area contributed by atoms with Gasteiger partial charge in [-0.15, -0.1) is 0 Å². The smallest absolute Gasteiger partial charge is 0.338 e. The molecule has 0 saturated carbocycles. The molecule has 0 aliphatic carbocycles. The van der Waals surface area contributed by atoms with Crippen molar-refractivity contribution < 1.29 is 14.3 Å². The molecule has 0 spiro atoms. The fourth-order valence-electron chi connectivity index (χ4n) is 4.13. The molecule has 3 aromatic rings. The molecular weight excluding hydrogens is 450 g/mol. The van der Waals surface area contributed by atoms with Gasteiger partial charge < -0.3 is 14.0 Å². The van der Waals surface area contributed by atoms with Crippen molar-refractivity contribution in [3.05, 3.63) is 83.8 Å². The van der Waals surface area contributed by atoms with Crippen LogP contribution in [0.1, 0.15) is 49.3 Å². The number of rotatable bonds is 5. The number of nitrogens with zero attached hydrogens (tertiary/aromatic N) is 3. The summed E-state index contributed by atoms with van der Waals surface area (Å²) in [6.07, 6.45) is 1.61. The fourth-order valence-corrected chi connectivity index (χ4v) is 5.17. The SMILES string of the molecule is COc1ccc([C@@H]2C(C(=O)OC(C)C)=C(C)N=c3s/c(=C/c4cc(C)n(C)c4C)c(=O)n32)cc1. The van der Waals surface area contributed by atoms with Gasteiger partial charge in [-0.25, -0.2) is 9.79 Å². The Morgan fingerprint density at radius 1 is 1.18 bits per heavy atom. The van der Waals surface area contributed by atoms with E-state index in [-0.39, 0.29) is 11.7 Å². The highest BCUT2D eigenvalue weighted by atomic mass is 32.1. The molecule has 8 heteroatoms. The number of thiazole rings is 1. The van der Waals surface area contributed by atoms with Crippen LogP contribution in [0.2, 0.25) is 0 Å². The predicted molar refractivity (Wildman–Crippen MR) is 133 cm³/mol. The third-order valence-electron chi connectivity index (χ3n) is 6.12. The van der Waals surface area contributed by atoms with Crippen molar-refractivity contribution in [3.63, 3.8) is 0 Å².